The quantitative estimate of drug-likeness (QED) is 0.608. The van der Waals surface area contributed by atoms with E-state index in [1.54, 1.807) is 0 Å². The van der Waals surface area contributed by atoms with Crippen LogP contribution in [0.25, 0.3) is 16.7 Å². The number of aryl methyl sites for hydroxylation is 2. The Morgan fingerprint density at radius 1 is 1.19 bits per heavy atom. The van der Waals surface area contributed by atoms with Crippen LogP contribution in [0.4, 0.5) is 0 Å². The van der Waals surface area contributed by atoms with Gasteiger partial charge in [-0.3, -0.25) is 4.57 Å². The monoisotopic (exact) mass is 298 g/mol. The molecule has 1 aromatic heterocycles. The molecule has 0 aliphatic carbocycles. The lowest BCUT2D eigenvalue weighted by atomic mass is 10.1. The van der Waals surface area contributed by atoms with Crippen molar-refractivity contribution in [3.63, 3.8) is 0 Å². The van der Waals surface area contributed by atoms with Gasteiger partial charge in [-0.1, -0.05) is 31.2 Å². The van der Waals surface area contributed by atoms with Crippen LogP contribution in [0, 0.1) is 6.92 Å². The van der Waals surface area contributed by atoms with Crippen LogP contribution in [0.15, 0.2) is 42.5 Å². The number of hydrogen-bond acceptors (Lipinski definition) is 1. The Bertz CT molecular complexity index is 787. The van der Waals surface area contributed by atoms with Crippen LogP contribution in [-0.4, -0.2) is 9.55 Å². The Hall–Kier alpha value is -1.80. The predicted octanol–water partition coefficient (Wildman–Crippen LogP) is 5.20. The third-order valence-corrected chi connectivity index (χ3v) is 4.00. The second-order valence-electron chi connectivity index (χ2n) is 5.40. The number of alkyl halides is 1. The molecule has 0 spiro atoms. The first-order chi connectivity index (χ1) is 10.1. The Morgan fingerprint density at radius 3 is 2.67 bits per heavy atom. The molecule has 1 unspecified atom stereocenters. The molecular formula is C18H19ClN2. The smallest absolute Gasteiger partial charge is 0.132 e. The van der Waals surface area contributed by atoms with Gasteiger partial charge in [-0.05, 0) is 49.6 Å². The highest BCUT2D eigenvalue weighted by Crippen LogP contribution is 2.30. The molecule has 0 N–H and O–H groups in total. The maximum absolute atomic E-state index is 6.38. The first-order valence-corrected chi connectivity index (χ1v) is 7.76. The SMILES string of the molecule is CCc1ccccc1-n1c(C(C)Cl)nc2cc(C)ccc21. The van der Waals surface area contributed by atoms with Crippen LogP contribution in [0.5, 0.6) is 0 Å². The van der Waals surface area contributed by atoms with Crippen molar-refractivity contribution in [3.8, 4) is 5.69 Å². The fourth-order valence-electron chi connectivity index (χ4n) is 2.76. The third-order valence-electron chi connectivity index (χ3n) is 3.81. The summed E-state index contributed by atoms with van der Waals surface area (Å²) in [5, 5.41) is -0.136. The topological polar surface area (TPSA) is 17.8 Å². The predicted molar refractivity (Wildman–Crippen MR) is 89.5 cm³/mol. The average Bonchev–Trinajstić information content (AvgIpc) is 2.85. The van der Waals surface area contributed by atoms with Crippen molar-refractivity contribution >= 4 is 22.6 Å². The van der Waals surface area contributed by atoms with E-state index in [1.165, 1.54) is 16.8 Å². The number of hydrogen-bond donors (Lipinski definition) is 0. The van der Waals surface area contributed by atoms with E-state index in [-0.39, 0.29) is 5.38 Å². The molecule has 0 bridgehead atoms. The highest BCUT2D eigenvalue weighted by atomic mass is 35.5. The summed E-state index contributed by atoms with van der Waals surface area (Å²) in [4.78, 5) is 4.76. The van der Waals surface area contributed by atoms with Gasteiger partial charge in [0.15, 0.2) is 0 Å². The molecular weight excluding hydrogens is 280 g/mol. The Labute approximate surface area is 130 Å². The molecule has 0 saturated heterocycles. The molecule has 0 aliphatic rings. The maximum atomic E-state index is 6.38. The van der Waals surface area contributed by atoms with Crippen molar-refractivity contribution in [1.29, 1.82) is 0 Å². The van der Waals surface area contributed by atoms with E-state index in [0.717, 1.165) is 23.3 Å². The van der Waals surface area contributed by atoms with Crippen molar-refractivity contribution in [2.45, 2.75) is 32.6 Å². The summed E-state index contributed by atoms with van der Waals surface area (Å²) in [5.74, 6) is 0.901. The van der Waals surface area contributed by atoms with E-state index < -0.39 is 0 Å². The number of nitrogens with zero attached hydrogens (tertiary/aromatic N) is 2. The number of imidazole rings is 1. The summed E-state index contributed by atoms with van der Waals surface area (Å²) in [5.41, 5.74) is 5.81. The van der Waals surface area contributed by atoms with Gasteiger partial charge in [-0.2, -0.15) is 0 Å². The van der Waals surface area contributed by atoms with E-state index in [0.29, 0.717) is 0 Å². The number of para-hydroxylation sites is 1. The standard InChI is InChI=1S/C18H19ClN2/c1-4-14-7-5-6-8-16(14)21-17-10-9-12(2)11-15(17)20-18(21)13(3)19/h5-11,13H,4H2,1-3H3. The highest BCUT2D eigenvalue weighted by molar-refractivity contribution is 6.20. The number of fused-ring (bicyclic) bond motifs is 1. The van der Waals surface area contributed by atoms with Gasteiger partial charge in [0.1, 0.15) is 5.82 Å². The van der Waals surface area contributed by atoms with Crippen molar-refractivity contribution < 1.29 is 0 Å². The molecule has 3 heteroatoms. The Kier molecular flexibility index (Phi) is 3.73. The molecule has 108 valence electrons. The molecule has 0 aliphatic heterocycles. The zero-order chi connectivity index (χ0) is 15.0. The normalized spacial score (nSPS) is 12.8. The summed E-state index contributed by atoms with van der Waals surface area (Å²) >= 11 is 6.38. The Balaban J connectivity index is 2.37. The van der Waals surface area contributed by atoms with Crippen LogP contribution < -0.4 is 0 Å². The summed E-state index contributed by atoms with van der Waals surface area (Å²) in [7, 11) is 0. The van der Waals surface area contributed by atoms with E-state index in [9.17, 15) is 0 Å². The fraction of sp³-hybridized carbons (Fsp3) is 0.278. The molecule has 1 atom stereocenters. The van der Waals surface area contributed by atoms with E-state index in [4.69, 9.17) is 16.6 Å². The van der Waals surface area contributed by atoms with Gasteiger partial charge < -0.3 is 0 Å². The number of aromatic nitrogens is 2. The molecule has 2 aromatic carbocycles. The van der Waals surface area contributed by atoms with Crippen molar-refractivity contribution in [3.05, 3.63) is 59.4 Å². The second-order valence-corrected chi connectivity index (χ2v) is 6.05. The summed E-state index contributed by atoms with van der Waals surface area (Å²) in [6.07, 6.45) is 0.984. The third kappa shape index (κ3) is 2.44. The van der Waals surface area contributed by atoms with Crippen LogP contribution in [-0.2, 0) is 6.42 Å². The summed E-state index contributed by atoms with van der Waals surface area (Å²) in [6, 6.07) is 14.8. The van der Waals surface area contributed by atoms with Crippen LogP contribution in [0.2, 0.25) is 0 Å². The minimum atomic E-state index is -0.136. The summed E-state index contributed by atoms with van der Waals surface area (Å²) < 4.78 is 2.20. The van der Waals surface area contributed by atoms with Gasteiger partial charge in [-0.15, -0.1) is 11.6 Å². The van der Waals surface area contributed by atoms with E-state index >= 15 is 0 Å². The van der Waals surface area contributed by atoms with E-state index in [2.05, 4.69) is 60.9 Å². The number of rotatable bonds is 3. The van der Waals surface area contributed by atoms with Gasteiger partial charge in [-0.25, -0.2) is 4.98 Å². The lowest BCUT2D eigenvalue weighted by molar-refractivity contribution is 0.872. The zero-order valence-corrected chi connectivity index (χ0v) is 13.4. The first kappa shape index (κ1) is 14.2. The van der Waals surface area contributed by atoms with Crippen LogP contribution in [0.1, 0.15) is 36.2 Å². The largest absolute Gasteiger partial charge is 0.295 e. The molecule has 21 heavy (non-hydrogen) atoms. The number of benzene rings is 2. The molecule has 2 nitrogen and oxygen atoms in total. The molecule has 3 aromatic rings. The zero-order valence-electron chi connectivity index (χ0n) is 12.6. The second kappa shape index (κ2) is 5.53. The maximum Gasteiger partial charge on any atom is 0.132 e. The van der Waals surface area contributed by atoms with E-state index in [1.807, 2.05) is 6.92 Å². The van der Waals surface area contributed by atoms with Crippen LogP contribution in [0.3, 0.4) is 0 Å². The Morgan fingerprint density at radius 2 is 1.95 bits per heavy atom. The molecule has 3 rings (SSSR count). The minimum absolute atomic E-state index is 0.136. The lowest BCUT2D eigenvalue weighted by Gasteiger charge is -2.14. The van der Waals surface area contributed by atoms with Gasteiger partial charge in [0.05, 0.1) is 22.1 Å². The van der Waals surface area contributed by atoms with Crippen molar-refractivity contribution in [2.75, 3.05) is 0 Å². The molecule has 1 heterocycles. The molecule has 0 saturated carbocycles. The van der Waals surface area contributed by atoms with Gasteiger partial charge in [0.25, 0.3) is 0 Å². The fourth-order valence-corrected chi connectivity index (χ4v) is 2.90. The molecule has 0 fully saturated rings. The van der Waals surface area contributed by atoms with Gasteiger partial charge >= 0.3 is 0 Å². The summed E-state index contributed by atoms with van der Waals surface area (Å²) in [6.45, 7) is 6.23. The minimum Gasteiger partial charge on any atom is -0.295 e. The van der Waals surface area contributed by atoms with Gasteiger partial charge in [0, 0.05) is 0 Å². The number of halogens is 1. The first-order valence-electron chi connectivity index (χ1n) is 7.33. The molecule has 0 radical (unpaired) electrons. The highest BCUT2D eigenvalue weighted by Gasteiger charge is 2.17. The lowest BCUT2D eigenvalue weighted by Crippen LogP contribution is -2.04. The molecule has 0 amide bonds. The van der Waals surface area contributed by atoms with Crippen molar-refractivity contribution in [2.24, 2.45) is 0 Å². The van der Waals surface area contributed by atoms with Crippen LogP contribution >= 0.6 is 11.6 Å². The van der Waals surface area contributed by atoms with Crippen molar-refractivity contribution in [1.82, 2.24) is 9.55 Å². The average molecular weight is 299 g/mol. The van der Waals surface area contributed by atoms with Gasteiger partial charge in [0.2, 0.25) is 0 Å².